The van der Waals surface area contributed by atoms with Gasteiger partial charge in [-0.2, -0.15) is 0 Å². The minimum absolute atomic E-state index is 0.913. The number of aromatic nitrogens is 3. The average molecular weight is 284 g/mol. The van der Waals surface area contributed by atoms with E-state index in [2.05, 4.69) is 37.9 Å². The van der Waals surface area contributed by atoms with Crippen molar-refractivity contribution in [3.63, 3.8) is 0 Å². The SMILES string of the molecule is COc1ccccc1/C=C/CN1CCc2nncn2CC1. The molecular weight excluding hydrogens is 264 g/mol. The fourth-order valence-corrected chi connectivity index (χ4v) is 2.59. The maximum Gasteiger partial charge on any atom is 0.134 e. The molecule has 110 valence electrons. The molecule has 0 radical (unpaired) electrons. The van der Waals surface area contributed by atoms with E-state index in [0.29, 0.717) is 0 Å². The lowest BCUT2D eigenvalue weighted by Gasteiger charge is -2.16. The number of ether oxygens (including phenoxy) is 1. The third kappa shape index (κ3) is 3.31. The zero-order chi connectivity index (χ0) is 14.5. The highest BCUT2D eigenvalue weighted by Gasteiger charge is 2.13. The lowest BCUT2D eigenvalue weighted by Crippen LogP contribution is -2.27. The third-order valence-corrected chi connectivity index (χ3v) is 3.80. The molecule has 2 aromatic rings. The molecule has 3 rings (SSSR count). The summed E-state index contributed by atoms with van der Waals surface area (Å²) in [7, 11) is 1.71. The minimum atomic E-state index is 0.913. The van der Waals surface area contributed by atoms with Gasteiger partial charge in [-0.3, -0.25) is 4.90 Å². The van der Waals surface area contributed by atoms with Gasteiger partial charge in [-0.25, -0.2) is 0 Å². The largest absolute Gasteiger partial charge is 0.496 e. The summed E-state index contributed by atoms with van der Waals surface area (Å²) in [4.78, 5) is 2.43. The molecule has 0 unspecified atom stereocenters. The lowest BCUT2D eigenvalue weighted by atomic mass is 10.2. The summed E-state index contributed by atoms with van der Waals surface area (Å²) >= 11 is 0. The minimum Gasteiger partial charge on any atom is -0.496 e. The molecule has 5 nitrogen and oxygen atoms in total. The predicted molar refractivity (Wildman–Crippen MR) is 82.2 cm³/mol. The van der Waals surface area contributed by atoms with Gasteiger partial charge in [-0.15, -0.1) is 10.2 Å². The monoisotopic (exact) mass is 284 g/mol. The Morgan fingerprint density at radius 1 is 1.24 bits per heavy atom. The van der Waals surface area contributed by atoms with Crippen LogP contribution in [0.4, 0.5) is 0 Å². The molecular formula is C16H20N4O. The van der Waals surface area contributed by atoms with Gasteiger partial charge in [-0.05, 0) is 6.07 Å². The first kappa shape index (κ1) is 13.8. The van der Waals surface area contributed by atoms with Gasteiger partial charge in [0.15, 0.2) is 0 Å². The third-order valence-electron chi connectivity index (χ3n) is 3.80. The lowest BCUT2D eigenvalue weighted by molar-refractivity contribution is 0.309. The summed E-state index contributed by atoms with van der Waals surface area (Å²) in [5, 5.41) is 8.11. The molecule has 0 aliphatic carbocycles. The maximum atomic E-state index is 5.36. The van der Waals surface area contributed by atoms with E-state index < -0.39 is 0 Å². The first-order valence-electron chi connectivity index (χ1n) is 7.25. The van der Waals surface area contributed by atoms with Crippen molar-refractivity contribution >= 4 is 6.08 Å². The molecule has 1 aromatic carbocycles. The highest BCUT2D eigenvalue weighted by atomic mass is 16.5. The fraction of sp³-hybridized carbons (Fsp3) is 0.375. The molecule has 0 spiro atoms. The second-order valence-corrected chi connectivity index (χ2v) is 5.14. The standard InChI is InChI=1S/C16H20N4O/c1-21-15-7-3-2-5-14(15)6-4-9-19-10-8-16-18-17-13-20(16)12-11-19/h2-7,13H,8-12H2,1H3/b6-4+. The van der Waals surface area contributed by atoms with Crippen LogP contribution >= 0.6 is 0 Å². The van der Waals surface area contributed by atoms with Crippen LogP contribution < -0.4 is 4.74 Å². The normalized spacial score (nSPS) is 15.9. The van der Waals surface area contributed by atoms with Gasteiger partial charge in [0.25, 0.3) is 0 Å². The van der Waals surface area contributed by atoms with Crippen LogP contribution in [-0.2, 0) is 13.0 Å². The van der Waals surface area contributed by atoms with Crippen molar-refractivity contribution < 1.29 is 4.74 Å². The molecule has 0 bridgehead atoms. The summed E-state index contributed by atoms with van der Waals surface area (Å²) in [6, 6.07) is 8.07. The maximum absolute atomic E-state index is 5.36. The van der Waals surface area contributed by atoms with E-state index in [1.807, 2.05) is 24.5 Å². The Bertz CT molecular complexity index is 598. The van der Waals surface area contributed by atoms with Crippen molar-refractivity contribution in [3.8, 4) is 5.75 Å². The number of para-hydroxylation sites is 1. The van der Waals surface area contributed by atoms with E-state index >= 15 is 0 Å². The van der Waals surface area contributed by atoms with Crippen LogP contribution in [0.1, 0.15) is 11.4 Å². The second kappa shape index (κ2) is 6.54. The molecule has 2 heterocycles. The first-order chi connectivity index (χ1) is 10.4. The summed E-state index contributed by atoms with van der Waals surface area (Å²) in [5.74, 6) is 2.00. The van der Waals surface area contributed by atoms with E-state index in [-0.39, 0.29) is 0 Å². The van der Waals surface area contributed by atoms with Crippen molar-refractivity contribution in [3.05, 3.63) is 48.1 Å². The van der Waals surface area contributed by atoms with Gasteiger partial charge >= 0.3 is 0 Å². The highest BCUT2D eigenvalue weighted by molar-refractivity contribution is 5.57. The zero-order valence-corrected chi connectivity index (χ0v) is 12.3. The zero-order valence-electron chi connectivity index (χ0n) is 12.3. The number of nitrogens with zero attached hydrogens (tertiary/aromatic N) is 4. The van der Waals surface area contributed by atoms with Gasteiger partial charge < -0.3 is 9.30 Å². The number of methoxy groups -OCH3 is 1. The Balaban J connectivity index is 1.58. The quantitative estimate of drug-likeness (QED) is 0.859. The van der Waals surface area contributed by atoms with Crippen LogP contribution in [0, 0.1) is 0 Å². The van der Waals surface area contributed by atoms with E-state index in [1.165, 1.54) is 0 Å². The molecule has 0 fully saturated rings. The van der Waals surface area contributed by atoms with Crippen molar-refractivity contribution in [1.29, 1.82) is 0 Å². The Morgan fingerprint density at radius 3 is 3.05 bits per heavy atom. The van der Waals surface area contributed by atoms with Gasteiger partial charge in [0.1, 0.15) is 17.9 Å². The summed E-state index contributed by atoms with van der Waals surface area (Å²) in [5.41, 5.74) is 1.12. The van der Waals surface area contributed by atoms with Gasteiger partial charge in [0, 0.05) is 38.2 Å². The number of hydrogen-bond donors (Lipinski definition) is 0. The van der Waals surface area contributed by atoms with Crippen LogP contribution in [-0.4, -0.2) is 46.4 Å². The number of benzene rings is 1. The number of fused-ring (bicyclic) bond motifs is 1. The van der Waals surface area contributed by atoms with Gasteiger partial charge in [0.2, 0.25) is 0 Å². The Morgan fingerprint density at radius 2 is 2.14 bits per heavy atom. The average Bonchev–Trinajstić information content (AvgIpc) is 2.89. The molecule has 0 saturated heterocycles. The smallest absolute Gasteiger partial charge is 0.134 e. The van der Waals surface area contributed by atoms with E-state index in [4.69, 9.17) is 4.74 Å². The molecule has 0 saturated carbocycles. The molecule has 0 N–H and O–H groups in total. The van der Waals surface area contributed by atoms with Crippen LogP contribution in [0.5, 0.6) is 5.75 Å². The molecule has 1 aliphatic rings. The predicted octanol–water partition coefficient (Wildman–Crippen LogP) is 1.86. The summed E-state index contributed by atoms with van der Waals surface area (Å²) in [6.07, 6.45) is 7.11. The molecule has 21 heavy (non-hydrogen) atoms. The fourth-order valence-electron chi connectivity index (χ4n) is 2.59. The van der Waals surface area contributed by atoms with Crippen molar-refractivity contribution in [2.45, 2.75) is 13.0 Å². The molecule has 0 amide bonds. The highest BCUT2D eigenvalue weighted by Crippen LogP contribution is 2.18. The van der Waals surface area contributed by atoms with Gasteiger partial charge in [-0.1, -0.05) is 30.4 Å². The molecule has 1 aromatic heterocycles. The summed E-state index contributed by atoms with van der Waals surface area (Å²) in [6.45, 7) is 3.96. The molecule has 0 atom stereocenters. The van der Waals surface area contributed by atoms with Gasteiger partial charge in [0.05, 0.1) is 7.11 Å². The van der Waals surface area contributed by atoms with Crippen molar-refractivity contribution in [1.82, 2.24) is 19.7 Å². The van der Waals surface area contributed by atoms with Crippen LogP contribution in [0.2, 0.25) is 0 Å². The van der Waals surface area contributed by atoms with Crippen LogP contribution in [0.25, 0.3) is 6.08 Å². The van der Waals surface area contributed by atoms with E-state index in [0.717, 1.165) is 49.7 Å². The Hall–Kier alpha value is -2.14. The molecule has 1 aliphatic heterocycles. The van der Waals surface area contributed by atoms with E-state index in [1.54, 1.807) is 7.11 Å². The Labute approximate surface area is 124 Å². The van der Waals surface area contributed by atoms with E-state index in [9.17, 15) is 0 Å². The number of rotatable bonds is 4. The van der Waals surface area contributed by atoms with Crippen LogP contribution in [0.3, 0.4) is 0 Å². The second-order valence-electron chi connectivity index (χ2n) is 5.14. The van der Waals surface area contributed by atoms with Crippen LogP contribution in [0.15, 0.2) is 36.7 Å². The first-order valence-corrected chi connectivity index (χ1v) is 7.25. The number of hydrogen-bond acceptors (Lipinski definition) is 4. The molecule has 5 heteroatoms. The van der Waals surface area contributed by atoms with Crippen molar-refractivity contribution in [2.75, 3.05) is 26.7 Å². The topological polar surface area (TPSA) is 43.2 Å². The Kier molecular flexibility index (Phi) is 4.31. The van der Waals surface area contributed by atoms with Crippen molar-refractivity contribution in [2.24, 2.45) is 0 Å². The summed E-state index contributed by atoms with van der Waals surface area (Å²) < 4.78 is 7.50.